The van der Waals surface area contributed by atoms with E-state index in [4.69, 9.17) is 10.00 Å². The molecule has 0 amide bonds. The molecule has 0 aliphatic carbocycles. The van der Waals surface area contributed by atoms with Gasteiger partial charge in [0.2, 0.25) is 5.88 Å². The molecule has 0 radical (unpaired) electrons. The normalized spacial score (nSPS) is 10.7. The molecule has 10 nitrogen and oxygen atoms in total. The summed E-state index contributed by atoms with van der Waals surface area (Å²) in [5.74, 6) is -0.178. The van der Waals surface area contributed by atoms with Gasteiger partial charge in [-0.3, -0.25) is 19.5 Å². The van der Waals surface area contributed by atoms with Crippen LogP contribution in [0, 0.1) is 28.4 Å². The van der Waals surface area contributed by atoms with E-state index in [0.717, 1.165) is 4.57 Å². The lowest BCUT2D eigenvalue weighted by Crippen LogP contribution is -2.18. The molecule has 1 aromatic heterocycles. The molecule has 1 heterocycles. The lowest BCUT2D eigenvalue weighted by Gasteiger charge is -2.08. The number of nitro groups is 1. The molecule has 0 atom stereocenters. The van der Waals surface area contributed by atoms with E-state index in [1.54, 1.807) is 13.0 Å². The van der Waals surface area contributed by atoms with E-state index in [0.29, 0.717) is 12.4 Å². The van der Waals surface area contributed by atoms with Crippen LogP contribution in [0.15, 0.2) is 33.2 Å². The molecule has 10 heteroatoms. The fraction of sp³-hybridized carbons (Fsp3) is 0.250. The van der Waals surface area contributed by atoms with Gasteiger partial charge in [-0.15, -0.1) is 10.2 Å². The zero-order chi connectivity index (χ0) is 19.4. The number of benzene rings is 1. The number of hydrogen-bond acceptors (Lipinski definition) is 8. The minimum Gasteiger partial charge on any atom is -0.494 e. The Morgan fingerprint density at radius 1 is 1.42 bits per heavy atom. The van der Waals surface area contributed by atoms with E-state index in [1.807, 2.05) is 0 Å². The van der Waals surface area contributed by atoms with E-state index in [1.165, 1.54) is 32.2 Å². The van der Waals surface area contributed by atoms with Gasteiger partial charge in [-0.25, -0.2) is 0 Å². The highest BCUT2D eigenvalue weighted by Crippen LogP contribution is 2.33. The van der Waals surface area contributed by atoms with Crippen molar-refractivity contribution in [2.75, 3.05) is 6.61 Å². The molecular formula is C16H15N5O5. The first-order valence-electron chi connectivity index (χ1n) is 7.47. The van der Waals surface area contributed by atoms with Crippen LogP contribution in [0.3, 0.4) is 0 Å². The molecular weight excluding hydrogens is 342 g/mol. The van der Waals surface area contributed by atoms with Crippen molar-refractivity contribution in [1.82, 2.24) is 4.57 Å². The third-order valence-corrected chi connectivity index (χ3v) is 3.60. The predicted octanol–water partition coefficient (Wildman–Crippen LogP) is 2.99. The van der Waals surface area contributed by atoms with E-state index >= 15 is 0 Å². The third kappa shape index (κ3) is 3.36. The lowest BCUT2D eigenvalue weighted by molar-refractivity contribution is -0.384. The minimum absolute atomic E-state index is 0.0773. The number of rotatable bonds is 5. The molecule has 0 aliphatic rings. The van der Waals surface area contributed by atoms with Crippen molar-refractivity contribution in [1.29, 1.82) is 5.26 Å². The van der Waals surface area contributed by atoms with Gasteiger partial charge in [0.15, 0.2) is 11.4 Å². The Bertz CT molecular complexity index is 1000. The number of nitrogens with zero attached hydrogens (tertiary/aromatic N) is 5. The van der Waals surface area contributed by atoms with Gasteiger partial charge >= 0.3 is 0 Å². The molecule has 0 spiro atoms. The Hall–Kier alpha value is -3.74. The van der Waals surface area contributed by atoms with Crippen LogP contribution in [-0.4, -0.2) is 21.2 Å². The number of ether oxygens (including phenoxy) is 1. The highest BCUT2D eigenvalue weighted by atomic mass is 16.6. The molecule has 0 saturated carbocycles. The summed E-state index contributed by atoms with van der Waals surface area (Å²) in [6.45, 7) is 3.52. The number of aromatic hydroxyl groups is 1. The van der Waals surface area contributed by atoms with Crippen LogP contribution < -0.4 is 10.3 Å². The molecule has 1 aromatic carbocycles. The second-order valence-corrected chi connectivity index (χ2v) is 5.19. The molecule has 1 N–H and O–H groups in total. The average Bonchev–Trinajstić information content (AvgIpc) is 2.61. The van der Waals surface area contributed by atoms with Crippen LogP contribution in [0.25, 0.3) is 0 Å². The summed E-state index contributed by atoms with van der Waals surface area (Å²) >= 11 is 0. The second kappa shape index (κ2) is 7.43. The largest absolute Gasteiger partial charge is 0.494 e. The Kier molecular flexibility index (Phi) is 5.32. The monoisotopic (exact) mass is 357 g/mol. The van der Waals surface area contributed by atoms with Crippen LogP contribution in [-0.2, 0) is 7.05 Å². The van der Waals surface area contributed by atoms with Gasteiger partial charge in [-0.05, 0) is 26.0 Å². The highest BCUT2D eigenvalue weighted by molar-refractivity contribution is 5.61. The van der Waals surface area contributed by atoms with Crippen LogP contribution in [0.1, 0.15) is 18.1 Å². The second-order valence-electron chi connectivity index (χ2n) is 5.19. The van der Waals surface area contributed by atoms with Gasteiger partial charge in [0.05, 0.1) is 17.6 Å². The first kappa shape index (κ1) is 18.6. The van der Waals surface area contributed by atoms with Crippen molar-refractivity contribution in [2.45, 2.75) is 13.8 Å². The van der Waals surface area contributed by atoms with E-state index in [9.17, 15) is 20.0 Å². The van der Waals surface area contributed by atoms with Crippen molar-refractivity contribution in [3.05, 3.63) is 49.8 Å². The van der Waals surface area contributed by atoms with Gasteiger partial charge in [0.1, 0.15) is 17.4 Å². The number of aromatic nitrogens is 1. The van der Waals surface area contributed by atoms with Crippen molar-refractivity contribution < 1.29 is 14.8 Å². The quantitative estimate of drug-likeness (QED) is 0.495. The summed E-state index contributed by atoms with van der Waals surface area (Å²) in [7, 11) is 1.27. The Labute approximate surface area is 147 Å². The fourth-order valence-corrected chi connectivity index (χ4v) is 2.22. The van der Waals surface area contributed by atoms with Gasteiger partial charge < -0.3 is 9.84 Å². The molecule has 2 rings (SSSR count). The standard InChI is InChI=1S/C16H15N5O5/c1-4-26-10-5-6-12(13(7-10)21(24)25)18-19-14-9(2)11(8-17)15(22)20(3)16(14)23/h5-7,22H,4H2,1-3H3. The SMILES string of the molecule is CCOc1ccc(N=Nc2c(C)c(C#N)c(O)n(C)c2=O)c([N+](=O)[O-])c1. The van der Waals surface area contributed by atoms with E-state index in [-0.39, 0.29) is 28.2 Å². The third-order valence-electron chi connectivity index (χ3n) is 3.60. The molecule has 0 fully saturated rings. The fourth-order valence-electron chi connectivity index (χ4n) is 2.22. The van der Waals surface area contributed by atoms with Crippen molar-refractivity contribution in [3.8, 4) is 17.7 Å². The van der Waals surface area contributed by atoms with Gasteiger partial charge in [-0.1, -0.05) is 0 Å². The average molecular weight is 357 g/mol. The lowest BCUT2D eigenvalue weighted by atomic mass is 10.1. The van der Waals surface area contributed by atoms with E-state index in [2.05, 4.69) is 10.2 Å². The number of nitro benzene ring substituents is 1. The molecule has 0 bridgehead atoms. The van der Waals surface area contributed by atoms with Gasteiger partial charge in [0.25, 0.3) is 11.2 Å². The topological polar surface area (TPSA) is 143 Å². The Morgan fingerprint density at radius 3 is 2.69 bits per heavy atom. The van der Waals surface area contributed by atoms with Crippen LogP contribution in [0.5, 0.6) is 11.6 Å². The van der Waals surface area contributed by atoms with Crippen LogP contribution >= 0.6 is 0 Å². The van der Waals surface area contributed by atoms with Gasteiger partial charge in [0, 0.05) is 12.6 Å². The summed E-state index contributed by atoms with van der Waals surface area (Å²) in [6.07, 6.45) is 0. The maximum absolute atomic E-state index is 12.2. The van der Waals surface area contributed by atoms with Crippen molar-refractivity contribution in [3.63, 3.8) is 0 Å². The zero-order valence-corrected chi connectivity index (χ0v) is 14.3. The molecule has 134 valence electrons. The molecule has 0 unspecified atom stereocenters. The maximum Gasteiger partial charge on any atom is 0.300 e. The zero-order valence-electron chi connectivity index (χ0n) is 14.3. The summed E-state index contributed by atoms with van der Waals surface area (Å²) in [5.41, 5.74) is -1.28. The number of pyridine rings is 1. The predicted molar refractivity (Wildman–Crippen MR) is 91.2 cm³/mol. The summed E-state index contributed by atoms with van der Waals surface area (Å²) < 4.78 is 6.07. The molecule has 0 aliphatic heterocycles. The summed E-state index contributed by atoms with van der Waals surface area (Å²) in [6, 6.07) is 5.83. The smallest absolute Gasteiger partial charge is 0.300 e. The molecule has 26 heavy (non-hydrogen) atoms. The first-order valence-corrected chi connectivity index (χ1v) is 7.47. The van der Waals surface area contributed by atoms with E-state index < -0.39 is 16.4 Å². The number of nitriles is 1. The molecule has 2 aromatic rings. The van der Waals surface area contributed by atoms with Crippen molar-refractivity contribution >= 4 is 17.1 Å². The Balaban J connectivity index is 2.58. The Morgan fingerprint density at radius 2 is 2.12 bits per heavy atom. The van der Waals surface area contributed by atoms with Crippen LogP contribution in [0.4, 0.5) is 17.1 Å². The van der Waals surface area contributed by atoms with Crippen LogP contribution in [0.2, 0.25) is 0 Å². The maximum atomic E-state index is 12.2. The molecule has 0 saturated heterocycles. The first-order chi connectivity index (χ1) is 12.3. The van der Waals surface area contributed by atoms with Gasteiger partial charge in [-0.2, -0.15) is 5.26 Å². The van der Waals surface area contributed by atoms with Crippen molar-refractivity contribution in [2.24, 2.45) is 17.3 Å². The highest BCUT2D eigenvalue weighted by Gasteiger charge is 2.19. The summed E-state index contributed by atoms with van der Waals surface area (Å²) in [5, 5.41) is 37.8. The minimum atomic E-state index is -0.684. The summed E-state index contributed by atoms with van der Waals surface area (Å²) in [4.78, 5) is 22.8. The number of azo groups is 1. The number of hydrogen-bond donors (Lipinski definition) is 1.